The summed E-state index contributed by atoms with van der Waals surface area (Å²) in [7, 11) is 0. The summed E-state index contributed by atoms with van der Waals surface area (Å²) >= 11 is 1.70. The molecule has 1 heterocycles. The molecule has 2 rings (SSSR count). The molecule has 1 aliphatic heterocycles. The second kappa shape index (κ2) is 4.57. The Hall–Kier alpha value is -1.49. The van der Waals surface area contributed by atoms with Crippen LogP contribution in [0.4, 0.5) is 0 Å². The van der Waals surface area contributed by atoms with Crippen LogP contribution < -0.4 is 5.73 Å². The molecule has 0 radical (unpaired) electrons. The van der Waals surface area contributed by atoms with Gasteiger partial charge in [-0.25, -0.2) is 0 Å². The number of carbonyl (C=O) groups is 2. The van der Waals surface area contributed by atoms with Crippen molar-refractivity contribution in [2.75, 3.05) is 12.3 Å². The van der Waals surface area contributed by atoms with E-state index in [4.69, 9.17) is 5.73 Å². The fourth-order valence-corrected chi connectivity index (χ4v) is 2.68. The van der Waals surface area contributed by atoms with Gasteiger partial charge in [0.1, 0.15) is 0 Å². The van der Waals surface area contributed by atoms with Crippen molar-refractivity contribution in [3.63, 3.8) is 0 Å². The van der Waals surface area contributed by atoms with Gasteiger partial charge in [0.05, 0.1) is 0 Å². The number of hydrogen-bond acceptors (Lipinski definition) is 3. The van der Waals surface area contributed by atoms with Gasteiger partial charge in [-0.05, 0) is 11.6 Å². The van der Waals surface area contributed by atoms with Gasteiger partial charge in [-0.15, -0.1) is 11.8 Å². The van der Waals surface area contributed by atoms with E-state index in [2.05, 4.69) is 0 Å². The quantitative estimate of drug-likeness (QED) is 0.671. The van der Waals surface area contributed by atoms with Gasteiger partial charge in [-0.2, -0.15) is 0 Å². The molecule has 0 spiro atoms. The molecule has 0 bridgehead atoms. The van der Waals surface area contributed by atoms with E-state index in [1.807, 2.05) is 24.3 Å². The average Bonchev–Trinajstić information content (AvgIpc) is 2.49. The Balaban J connectivity index is 2.23. The van der Waals surface area contributed by atoms with Gasteiger partial charge >= 0.3 is 11.8 Å². The molecule has 2 N–H and O–H groups in total. The van der Waals surface area contributed by atoms with E-state index in [0.717, 1.165) is 11.3 Å². The largest absolute Gasteiger partial charge is 0.361 e. The van der Waals surface area contributed by atoms with Gasteiger partial charge < -0.3 is 10.6 Å². The van der Waals surface area contributed by atoms with Gasteiger partial charge in [0.15, 0.2) is 0 Å². The molecule has 0 aromatic heterocycles. The summed E-state index contributed by atoms with van der Waals surface area (Å²) in [6.07, 6.45) is 0. The number of fused-ring (bicyclic) bond motifs is 1. The van der Waals surface area contributed by atoms with Crippen LogP contribution in [-0.2, 0) is 16.1 Å². The molecule has 0 unspecified atom stereocenters. The van der Waals surface area contributed by atoms with Crippen molar-refractivity contribution < 1.29 is 9.59 Å². The van der Waals surface area contributed by atoms with E-state index in [-0.39, 0.29) is 0 Å². The summed E-state index contributed by atoms with van der Waals surface area (Å²) in [6, 6.07) is 7.89. The van der Waals surface area contributed by atoms with E-state index < -0.39 is 11.8 Å². The van der Waals surface area contributed by atoms with Gasteiger partial charge in [0.25, 0.3) is 0 Å². The molecule has 0 fully saturated rings. The molecule has 1 aliphatic rings. The maximum absolute atomic E-state index is 11.5. The van der Waals surface area contributed by atoms with Crippen molar-refractivity contribution in [2.45, 2.75) is 11.4 Å². The first-order valence-corrected chi connectivity index (χ1v) is 5.96. The fourth-order valence-electron chi connectivity index (χ4n) is 1.65. The van der Waals surface area contributed by atoms with E-state index in [9.17, 15) is 9.59 Å². The Kier molecular flexibility index (Phi) is 3.14. The molecule has 5 heteroatoms. The molecule has 1 aromatic rings. The Bertz CT molecular complexity index is 434. The molecule has 0 atom stereocenters. The first-order chi connectivity index (χ1) is 7.68. The van der Waals surface area contributed by atoms with Crippen molar-refractivity contribution >= 4 is 23.6 Å². The third-order valence-corrected chi connectivity index (χ3v) is 3.55. The molecule has 1 aromatic carbocycles. The van der Waals surface area contributed by atoms with Crippen LogP contribution in [0.5, 0.6) is 0 Å². The van der Waals surface area contributed by atoms with Crippen LogP contribution in [0, 0.1) is 0 Å². The highest BCUT2D eigenvalue weighted by Gasteiger charge is 2.22. The van der Waals surface area contributed by atoms with Crippen LogP contribution in [0.25, 0.3) is 0 Å². The van der Waals surface area contributed by atoms with E-state index in [1.165, 1.54) is 9.80 Å². The topological polar surface area (TPSA) is 63.4 Å². The standard InChI is InChI=1S/C11H12N2O2S/c12-10(14)11(15)13-5-6-16-9-4-2-1-3-8(9)7-13/h1-4H,5-7H2,(H2,12,14). The number of nitrogens with zero attached hydrogens (tertiary/aromatic N) is 1. The Morgan fingerprint density at radius 3 is 2.81 bits per heavy atom. The fraction of sp³-hybridized carbons (Fsp3) is 0.273. The molecule has 0 saturated heterocycles. The normalized spacial score (nSPS) is 15.1. The highest BCUT2D eigenvalue weighted by atomic mass is 32.2. The lowest BCUT2D eigenvalue weighted by molar-refractivity contribution is -0.144. The average molecular weight is 236 g/mol. The lowest BCUT2D eigenvalue weighted by Gasteiger charge is -2.18. The van der Waals surface area contributed by atoms with Gasteiger partial charge in [0.2, 0.25) is 0 Å². The molecule has 0 aliphatic carbocycles. The lowest BCUT2D eigenvalue weighted by atomic mass is 10.2. The second-order valence-corrected chi connectivity index (χ2v) is 4.68. The monoisotopic (exact) mass is 236 g/mol. The number of primary amides is 1. The van der Waals surface area contributed by atoms with E-state index in [1.54, 1.807) is 11.8 Å². The number of nitrogens with two attached hydrogens (primary N) is 1. The summed E-state index contributed by atoms with van der Waals surface area (Å²) in [5.41, 5.74) is 6.07. The van der Waals surface area contributed by atoms with Crippen molar-refractivity contribution in [1.82, 2.24) is 4.90 Å². The maximum atomic E-state index is 11.5. The SMILES string of the molecule is NC(=O)C(=O)N1CCSc2ccccc2C1. The van der Waals surface area contributed by atoms with Crippen LogP contribution in [0.15, 0.2) is 29.2 Å². The van der Waals surface area contributed by atoms with Gasteiger partial charge in [0, 0.05) is 23.7 Å². The zero-order valence-electron chi connectivity index (χ0n) is 8.68. The zero-order chi connectivity index (χ0) is 11.5. The summed E-state index contributed by atoms with van der Waals surface area (Å²) < 4.78 is 0. The van der Waals surface area contributed by atoms with Crippen LogP contribution in [0.2, 0.25) is 0 Å². The van der Waals surface area contributed by atoms with E-state index >= 15 is 0 Å². The molecular weight excluding hydrogens is 224 g/mol. The van der Waals surface area contributed by atoms with Crippen molar-refractivity contribution in [2.24, 2.45) is 5.73 Å². The number of carbonyl (C=O) groups excluding carboxylic acids is 2. The maximum Gasteiger partial charge on any atom is 0.311 e. The zero-order valence-corrected chi connectivity index (χ0v) is 9.50. The van der Waals surface area contributed by atoms with Crippen LogP contribution in [0.1, 0.15) is 5.56 Å². The van der Waals surface area contributed by atoms with Crippen molar-refractivity contribution in [1.29, 1.82) is 0 Å². The highest BCUT2D eigenvalue weighted by Crippen LogP contribution is 2.26. The van der Waals surface area contributed by atoms with Crippen LogP contribution in [-0.4, -0.2) is 29.0 Å². The Morgan fingerprint density at radius 2 is 2.06 bits per heavy atom. The second-order valence-electron chi connectivity index (χ2n) is 3.55. The molecule has 84 valence electrons. The summed E-state index contributed by atoms with van der Waals surface area (Å²) in [5, 5.41) is 0. The predicted octanol–water partition coefficient (Wildman–Crippen LogP) is 0.606. The Morgan fingerprint density at radius 1 is 1.31 bits per heavy atom. The number of amides is 2. The van der Waals surface area contributed by atoms with Crippen molar-refractivity contribution in [3.8, 4) is 0 Å². The molecule has 0 saturated carbocycles. The van der Waals surface area contributed by atoms with Crippen LogP contribution in [0.3, 0.4) is 0 Å². The number of thioether (sulfide) groups is 1. The van der Waals surface area contributed by atoms with Crippen LogP contribution >= 0.6 is 11.8 Å². The summed E-state index contributed by atoms with van der Waals surface area (Å²) in [5.74, 6) is -0.697. The third kappa shape index (κ3) is 2.19. The van der Waals surface area contributed by atoms with Crippen molar-refractivity contribution in [3.05, 3.63) is 29.8 Å². The lowest BCUT2D eigenvalue weighted by Crippen LogP contribution is -2.40. The summed E-state index contributed by atoms with van der Waals surface area (Å²) in [4.78, 5) is 25.0. The smallest absolute Gasteiger partial charge is 0.311 e. The first-order valence-electron chi connectivity index (χ1n) is 4.98. The minimum absolute atomic E-state index is 0.463. The number of benzene rings is 1. The number of hydrogen-bond donors (Lipinski definition) is 1. The third-order valence-electron chi connectivity index (χ3n) is 2.45. The molecule has 2 amide bonds. The Labute approximate surface area is 97.8 Å². The first kappa shape index (κ1) is 11.0. The minimum atomic E-state index is -0.885. The van der Waals surface area contributed by atoms with Gasteiger partial charge in [-0.3, -0.25) is 9.59 Å². The molecule has 16 heavy (non-hydrogen) atoms. The minimum Gasteiger partial charge on any atom is -0.361 e. The summed E-state index contributed by atoms with van der Waals surface area (Å²) in [6.45, 7) is 1.02. The molecular formula is C11H12N2O2S. The highest BCUT2D eigenvalue weighted by molar-refractivity contribution is 7.99. The van der Waals surface area contributed by atoms with Gasteiger partial charge in [-0.1, -0.05) is 18.2 Å². The number of rotatable bonds is 0. The predicted molar refractivity (Wildman–Crippen MR) is 61.8 cm³/mol. The van der Waals surface area contributed by atoms with E-state index in [0.29, 0.717) is 13.1 Å². The molecule has 4 nitrogen and oxygen atoms in total.